The van der Waals surface area contributed by atoms with Gasteiger partial charge in [-0.25, -0.2) is 8.42 Å². The van der Waals surface area contributed by atoms with E-state index in [0.29, 0.717) is 11.4 Å². The summed E-state index contributed by atoms with van der Waals surface area (Å²) in [4.78, 5) is 0.989. The molecule has 0 saturated carbocycles. The molecule has 0 bridgehead atoms. The lowest BCUT2D eigenvalue weighted by Crippen LogP contribution is -2.14. The molecule has 0 aliphatic carbocycles. The van der Waals surface area contributed by atoms with Gasteiger partial charge in [0, 0.05) is 5.69 Å². The van der Waals surface area contributed by atoms with Crippen LogP contribution in [0.3, 0.4) is 0 Å². The zero-order valence-electron chi connectivity index (χ0n) is 11.8. The standard InChI is InChI=1S/C13H12N4O3S2/c1-8-13(9(2)20-15-8)22(18,19)16-11-5-3-10(4-6-11)12-7-14-17-21-12/h3-7,16H,1-2H3. The minimum Gasteiger partial charge on any atom is -0.360 e. The number of hydrogen-bond donors (Lipinski definition) is 1. The third-order valence-electron chi connectivity index (χ3n) is 3.02. The molecule has 1 N–H and O–H groups in total. The molecule has 1 aromatic carbocycles. The fourth-order valence-corrected chi connectivity index (χ4v) is 3.97. The lowest BCUT2D eigenvalue weighted by molar-refractivity contribution is 0.390. The highest BCUT2D eigenvalue weighted by atomic mass is 32.2. The average molecular weight is 336 g/mol. The van der Waals surface area contributed by atoms with Crippen LogP contribution in [0, 0.1) is 13.8 Å². The van der Waals surface area contributed by atoms with Gasteiger partial charge < -0.3 is 4.52 Å². The zero-order valence-corrected chi connectivity index (χ0v) is 13.4. The van der Waals surface area contributed by atoms with Crippen LogP contribution in [0.2, 0.25) is 0 Å². The Balaban J connectivity index is 1.87. The van der Waals surface area contributed by atoms with Crippen molar-refractivity contribution in [2.75, 3.05) is 4.72 Å². The van der Waals surface area contributed by atoms with Crippen molar-refractivity contribution in [2.24, 2.45) is 0 Å². The van der Waals surface area contributed by atoms with Crippen LogP contribution in [0.5, 0.6) is 0 Å². The molecule has 7 nitrogen and oxygen atoms in total. The quantitative estimate of drug-likeness (QED) is 0.786. The molecule has 0 atom stereocenters. The van der Waals surface area contributed by atoms with E-state index in [1.165, 1.54) is 11.5 Å². The molecule has 3 rings (SSSR count). The summed E-state index contributed by atoms with van der Waals surface area (Å²) < 4.78 is 36.0. The minimum atomic E-state index is -3.73. The number of hydrogen-bond acceptors (Lipinski definition) is 7. The molecule has 9 heteroatoms. The molecular formula is C13H12N4O3S2. The van der Waals surface area contributed by atoms with Crippen LogP contribution in [0.4, 0.5) is 5.69 Å². The second kappa shape index (κ2) is 5.50. The van der Waals surface area contributed by atoms with E-state index in [1.54, 1.807) is 44.3 Å². The number of aryl methyl sites for hydroxylation is 2. The fraction of sp³-hybridized carbons (Fsp3) is 0.154. The maximum Gasteiger partial charge on any atom is 0.267 e. The normalized spacial score (nSPS) is 11.5. The van der Waals surface area contributed by atoms with Crippen molar-refractivity contribution in [3.8, 4) is 10.4 Å². The Bertz CT molecular complexity index is 865. The summed E-state index contributed by atoms with van der Waals surface area (Å²) in [6.45, 7) is 3.15. The number of nitrogens with one attached hydrogen (secondary N) is 1. The van der Waals surface area contributed by atoms with Gasteiger partial charge in [0.15, 0.2) is 10.7 Å². The third-order valence-corrected chi connectivity index (χ3v) is 5.36. The van der Waals surface area contributed by atoms with Crippen LogP contribution in [0.15, 0.2) is 39.9 Å². The van der Waals surface area contributed by atoms with Gasteiger partial charge in [0.05, 0.1) is 11.1 Å². The summed E-state index contributed by atoms with van der Waals surface area (Å²) in [6, 6.07) is 6.98. The van der Waals surface area contributed by atoms with E-state index in [-0.39, 0.29) is 10.7 Å². The predicted octanol–water partition coefficient (Wildman–Crippen LogP) is 2.61. The highest BCUT2D eigenvalue weighted by Gasteiger charge is 2.24. The van der Waals surface area contributed by atoms with Crippen LogP contribution in [-0.4, -0.2) is 23.2 Å². The SMILES string of the molecule is Cc1noc(C)c1S(=O)(=O)Nc1ccc(-c2cnns2)cc1. The Morgan fingerprint density at radius 3 is 2.45 bits per heavy atom. The van der Waals surface area contributed by atoms with Crippen molar-refractivity contribution in [1.29, 1.82) is 0 Å². The minimum absolute atomic E-state index is 0.0724. The zero-order chi connectivity index (χ0) is 15.7. The number of rotatable bonds is 4. The van der Waals surface area contributed by atoms with Crippen LogP contribution >= 0.6 is 11.5 Å². The van der Waals surface area contributed by atoms with E-state index in [1.807, 2.05) is 0 Å². The lowest BCUT2D eigenvalue weighted by atomic mass is 10.2. The second-order valence-corrected chi connectivity index (χ2v) is 7.02. The molecule has 2 heterocycles. The van der Waals surface area contributed by atoms with Crippen molar-refractivity contribution in [3.63, 3.8) is 0 Å². The van der Waals surface area contributed by atoms with Gasteiger partial charge in [0.2, 0.25) is 0 Å². The number of aromatic nitrogens is 3. The number of sulfonamides is 1. The van der Waals surface area contributed by atoms with E-state index in [0.717, 1.165) is 10.4 Å². The molecule has 0 fully saturated rings. The molecule has 2 aromatic heterocycles. The van der Waals surface area contributed by atoms with Gasteiger partial charge in [-0.1, -0.05) is 21.8 Å². The summed E-state index contributed by atoms with van der Waals surface area (Å²) in [5.74, 6) is 0.261. The number of benzene rings is 1. The van der Waals surface area contributed by atoms with Crippen molar-refractivity contribution in [2.45, 2.75) is 18.7 Å². The number of nitrogens with zero attached hydrogens (tertiary/aromatic N) is 3. The predicted molar refractivity (Wildman–Crippen MR) is 82.1 cm³/mol. The van der Waals surface area contributed by atoms with Crippen molar-refractivity contribution < 1.29 is 12.9 Å². The number of anilines is 1. The molecule has 0 aliphatic heterocycles. The lowest BCUT2D eigenvalue weighted by Gasteiger charge is -2.08. The Morgan fingerprint density at radius 1 is 1.18 bits per heavy atom. The summed E-state index contributed by atoms with van der Waals surface area (Å²) in [5, 5.41) is 7.44. The molecular weight excluding hydrogens is 324 g/mol. The first-order chi connectivity index (χ1) is 10.5. The summed E-state index contributed by atoms with van der Waals surface area (Å²) in [7, 11) is -3.73. The summed E-state index contributed by atoms with van der Waals surface area (Å²) in [5.41, 5.74) is 1.72. The molecule has 22 heavy (non-hydrogen) atoms. The Hall–Kier alpha value is -2.26. The van der Waals surface area contributed by atoms with E-state index < -0.39 is 10.0 Å². The summed E-state index contributed by atoms with van der Waals surface area (Å²) >= 11 is 1.28. The van der Waals surface area contributed by atoms with E-state index in [2.05, 4.69) is 19.5 Å². The van der Waals surface area contributed by atoms with Crippen LogP contribution in [-0.2, 0) is 10.0 Å². The smallest absolute Gasteiger partial charge is 0.267 e. The van der Waals surface area contributed by atoms with E-state index in [9.17, 15) is 8.42 Å². The molecule has 114 valence electrons. The molecule has 0 spiro atoms. The van der Waals surface area contributed by atoms with Crippen LogP contribution in [0.25, 0.3) is 10.4 Å². The van der Waals surface area contributed by atoms with Gasteiger partial charge in [-0.2, -0.15) is 0 Å². The van der Waals surface area contributed by atoms with Gasteiger partial charge in [0.1, 0.15) is 5.69 Å². The Kier molecular flexibility index (Phi) is 3.67. The first-order valence-electron chi connectivity index (χ1n) is 6.31. The van der Waals surface area contributed by atoms with Crippen molar-refractivity contribution in [1.82, 2.24) is 14.7 Å². The third kappa shape index (κ3) is 2.72. The molecule has 3 aromatic rings. The van der Waals surface area contributed by atoms with Crippen LogP contribution in [0.1, 0.15) is 11.5 Å². The Labute approximate surface area is 131 Å². The highest BCUT2D eigenvalue weighted by molar-refractivity contribution is 7.92. The molecule has 0 aliphatic rings. The highest BCUT2D eigenvalue weighted by Crippen LogP contribution is 2.26. The van der Waals surface area contributed by atoms with Gasteiger partial charge in [0.25, 0.3) is 10.0 Å². The maximum atomic E-state index is 12.4. The molecule has 0 radical (unpaired) electrons. The van der Waals surface area contributed by atoms with Gasteiger partial charge in [-0.05, 0) is 43.1 Å². The van der Waals surface area contributed by atoms with Gasteiger partial charge in [-0.15, -0.1) is 5.10 Å². The first-order valence-corrected chi connectivity index (χ1v) is 8.56. The summed E-state index contributed by atoms with van der Waals surface area (Å²) in [6.07, 6.45) is 1.66. The van der Waals surface area contributed by atoms with Crippen LogP contribution < -0.4 is 4.72 Å². The van der Waals surface area contributed by atoms with Crippen molar-refractivity contribution in [3.05, 3.63) is 41.9 Å². The van der Waals surface area contributed by atoms with E-state index in [4.69, 9.17) is 4.52 Å². The largest absolute Gasteiger partial charge is 0.360 e. The maximum absolute atomic E-state index is 12.4. The van der Waals surface area contributed by atoms with E-state index >= 15 is 0 Å². The second-order valence-electron chi connectivity index (χ2n) is 4.62. The Morgan fingerprint density at radius 2 is 1.91 bits per heavy atom. The van der Waals surface area contributed by atoms with Gasteiger partial charge in [-0.3, -0.25) is 4.72 Å². The van der Waals surface area contributed by atoms with Gasteiger partial charge >= 0.3 is 0 Å². The fourth-order valence-electron chi connectivity index (χ4n) is 2.06. The molecule has 0 amide bonds. The first kappa shape index (κ1) is 14.7. The topological polar surface area (TPSA) is 98.0 Å². The molecule has 0 unspecified atom stereocenters. The molecule has 0 saturated heterocycles. The average Bonchev–Trinajstić information content (AvgIpc) is 3.09. The monoisotopic (exact) mass is 336 g/mol. The van der Waals surface area contributed by atoms with Crippen molar-refractivity contribution >= 4 is 27.2 Å².